The van der Waals surface area contributed by atoms with Gasteiger partial charge in [0.25, 0.3) is 5.91 Å². The molecule has 3 heterocycles. The molecule has 172 valence electrons. The number of thiophene rings is 1. The minimum absolute atomic E-state index is 0.148. The molecule has 0 aliphatic carbocycles. The summed E-state index contributed by atoms with van der Waals surface area (Å²) < 4.78 is 21.4. The first-order valence-electron chi connectivity index (χ1n) is 10.5. The van der Waals surface area contributed by atoms with Crippen molar-refractivity contribution in [3.8, 4) is 11.5 Å². The predicted molar refractivity (Wildman–Crippen MR) is 122 cm³/mol. The normalized spacial score (nSPS) is 15.2. The average molecular weight is 469 g/mol. The van der Waals surface area contributed by atoms with Crippen molar-refractivity contribution < 1.29 is 28.2 Å². The maximum atomic E-state index is 12.8. The third-order valence-electron chi connectivity index (χ3n) is 5.05. The van der Waals surface area contributed by atoms with Crippen molar-refractivity contribution >= 4 is 28.9 Å². The lowest BCUT2D eigenvalue weighted by atomic mass is 10.1. The molecule has 2 aromatic heterocycles. The summed E-state index contributed by atoms with van der Waals surface area (Å²) >= 11 is 1.56. The van der Waals surface area contributed by atoms with Gasteiger partial charge in [-0.15, -0.1) is 11.3 Å². The van der Waals surface area contributed by atoms with E-state index in [1.807, 2.05) is 23.6 Å². The van der Waals surface area contributed by atoms with Crippen LogP contribution in [0.4, 0.5) is 0 Å². The second kappa shape index (κ2) is 10.8. The molecular formula is C24H24N2O6S. The minimum atomic E-state index is -0.460. The van der Waals surface area contributed by atoms with E-state index in [0.717, 1.165) is 16.3 Å². The van der Waals surface area contributed by atoms with Gasteiger partial charge in [0.05, 0.1) is 30.6 Å². The molecule has 4 rings (SSSR count). The van der Waals surface area contributed by atoms with Gasteiger partial charge in [-0.05, 0) is 54.3 Å². The molecule has 0 saturated heterocycles. The number of benzene rings is 1. The Kier molecular flexibility index (Phi) is 7.41. The fraction of sp³-hybridized carbons (Fsp3) is 0.292. The summed E-state index contributed by atoms with van der Waals surface area (Å²) in [5.74, 6) is 1.22. The second-order valence-electron chi connectivity index (χ2n) is 7.29. The highest BCUT2D eigenvalue weighted by Gasteiger charge is 2.35. The van der Waals surface area contributed by atoms with Crippen LogP contribution in [-0.4, -0.2) is 42.9 Å². The van der Waals surface area contributed by atoms with Crippen LogP contribution in [0.1, 0.15) is 35.9 Å². The van der Waals surface area contributed by atoms with Gasteiger partial charge in [0, 0.05) is 12.8 Å². The lowest BCUT2D eigenvalue weighted by molar-refractivity contribution is -0.153. The number of carbonyl (C=O) groups excluding carboxylic acids is 2. The van der Waals surface area contributed by atoms with E-state index in [-0.39, 0.29) is 19.1 Å². The van der Waals surface area contributed by atoms with Crippen molar-refractivity contribution in [1.82, 2.24) is 5.01 Å². The molecule has 0 N–H and O–H groups in total. The van der Waals surface area contributed by atoms with Gasteiger partial charge in [0.1, 0.15) is 23.3 Å². The van der Waals surface area contributed by atoms with Crippen LogP contribution in [0.2, 0.25) is 0 Å². The van der Waals surface area contributed by atoms with Crippen molar-refractivity contribution in [2.45, 2.75) is 25.3 Å². The Hall–Kier alpha value is -3.59. The average Bonchev–Trinajstić information content (AvgIpc) is 3.61. The third kappa shape index (κ3) is 5.81. The van der Waals surface area contributed by atoms with Gasteiger partial charge >= 0.3 is 5.97 Å². The lowest BCUT2D eigenvalue weighted by Crippen LogP contribution is -2.31. The molecule has 0 fully saturated rings. The minimum Gasteiger partial charge on any atom is -0.497 e. The zero-order chi connectivity index (χ0) is 23.0. The van der Waals surface area contributed by atoms with Crippen molar-refractivity contribution in [2.75, 3.05) is 20.3 Å². The molecule has 9 heteroatoms. The molecule has 1 aliphatic heterocycles. The van der Waals surface area contributed by atoms with Crippen LogP contribution >= 0.6 is 11.3 Å². The molecule has 0 saturated carbocycles. The summed E-state index contributed by atoms with van der Waals surface area (Å²) in [6, 6.07) is 14.3. The number of hydrogen-bond donors (Lipinski definition) is 0. The molecule has 8 nitrogen and oxygen atoms in total. The lowest BCUT2D eigenvalue weighted by Gasteiger charge is -2.19. The fourth-order valence-electron chi connectivity index (χ4n) is 3.39. The standard InChI is InChI=1S/C24H24N2O6S/c1-29-17-8-10-18(11-9-17)30-12-3-7-24(28)32-16-23(27)26-20(21-5-2-13-31-21)15-19(25-26)22-6-4-14-33-22/h2,4-6,8-11,13-14,20H,3,7,12,15-16H2,1H3. The highest BCUT2D eigenvalue weighted by atomic mass is 32.1. The fourth-order valence-corrected chi connectivity index (χ4v) is 4.11. The van der Waals surface area contributed by atoms with Gasteiger partial charge in [-0.2, -0.15) is 5.10 Å². The quantitative estimate of drug-likeness (QED) is 0.323. The van der Waals surface area contributed by atoms with E-state index in [2.05, 4.69) is 5.10 Å². The molecule has 0 spiro atoms. The van der Waals surface area contributed by atoms with Crippen molar-refractivity contribution in [3.63, 3.8) is 0 Å². The van der Waals surface area contributed by atoms with E-state index in [1.54, 1.807) is 55.0 Å². The Balaban J connectivity index is 1.25. The third-order valence-corrected chi connectivity index (χ3v) is 5.97. The molecule has 1 unspecified atom stereocenters. The number of rotatable bonds is 10. The van der Waals surface area contributed by atoms with E-state index >= 15 is 0 Å². The van der Waals surface area contributed by atoms with E-state index in [1.165, 1.54) is 5.01 Å². The number of esters is 1. The highest BCUT2D eigenvalue weighted by Crippen LogP contribution is 2.34. The number of methoxy groups -OCH3 is 1. The zero-order valence-corrected chi connectivity index (χ0v) is 19.0. The van der Waals surface area contributed by atoms with E-state index in [4.69, 9.17) is 18.6 Å². The highest BCUT2D eigenvalue weighted by molar-refractivity contribution is 7.12. The van der Waals surface area contributed by atoms with Crippen LogP contribution < -0.4 is 9.47 Å². The van der Waals surface area contributed by atoms with Crippen LogP contribution in [0.5, 0.6) is 11.5 Å². The Morgan fingerprint density at radius 2 is 1.97 bits per heavy atom. The number of hydrazone groups is 1. The molecule has 33 heavy (non-hydrogen) atoms. The van der Waals surface area contributed by atoms with Gasteiger partial charge in [-0.25, -0.2) is 5.01 Å². The van der Waals surface area contributed by atoms with E-state index < -0.39 is 11.9 Å². The van der Waals surface area contributed by atoms with Crippen molar-refractivity contribution in [3.05, 3.63) is 70.8 Å². The van der Waals surface area contributed by atoms with Crippen molar-refractivity contribution in [2.24, 2.45) is 5.10 Å². The molecule has 1 atom stereocenters. The topological polar surface area (TPSA) is 90.6 Å². The molecule has 0 radical (unpaired) electrons. The molecule has 1 aromatic carbocycles. The molecular weight excluding hydrogens is 444 g/mol. The molecule has 1 aliphatic rings. The number of ether oxygens (including phenoxy) is 3. The summed E-state index contributed by atoms with van der Waals surface area (Å²) in [6.07, 6.45) is 2.72. The predicted octanol–water partition coefficient (Wildman–Crippen LogP) is 4.43. The molecule has 1 amide bonds. The number of carbonyl (C=O) groups is 2. The Morgan fingerprint density at radius 3 is 2.67 bits per heavy atom. The Morgan fingerprint density at radius 1 is 1.15 bits per heavy atom. The Bertz CT molecular complexity index is 1080. The first-order chi connectivity index (χ1) is 16.1. The van der Waals surface area contributed by atoms with Crippen LogP contribution in [0, 0.1) is 0 Å². The maximum Gasteiger partial charge on any atom is 0.306 e. The van der Waals surface area contributed by atoms with Gasteiger partial charge in [-0.1, -0.05) is 6.07 Å². The smallest absolute Gasteiger partial charge is 0.306 e. The van der Waals surface area contributed by atoms with Gasteiger partial charge in [-0.3, -0.25) is 9.59 Å². The molecule has 3 aromatic rings. The Labute approximate surface area is 195 Å². The largest absolute Gasteiger partial charge is 0.497 e. The molecule has 0 bridgehead atoms. The second-order valence-corrected chi connectivity index (χ2v) is 8.23. The van der Waals surface area contributed by atoms with Crippen molar-refractivity contribution in [1.29, 1.82) is 0 Å². The monoisotopic (exact) mass is 468 g/mol. The number of furan rings is 1. The number of hydrogen-bond acceptors (Lipinski definition) is 8. The number of amides is 1. The maximum absolute atomic E-state index is 12.8. The SMILES string of the molecule is COc1ccc(OCCCC(=O)OCC(=O)N2N=C(c3cccs3)CC2c2ccco2)cc1. The van der Waals surface area contributed by atoms with E-state index in [0.29, 0.717) is 31.0 Å². The van der Waals surface area contributed by atoms with Gasteiger partial charge < -0.3 is 18.6 Å². The zero-order valence-electron chi connectivity index (χ0n) is 18.1. The van der Waals surface area contributed by atoms with Crippen LogP contribution in [0.25, 0.3) is 0 Å². The summed E-state index contributed by atoms with van der Waals surface area (Å²) in [7, 11) is 1.60. The van der Waals surface area contributed by atoms with Crippen LogP contribution in [0.15, 0.2) is 69.7 Å². The van der Waals surface area contributed by atoms with Crippen LogP contribution in [0.3, 0.4) is 0 Å². The summed E-state index contributed by atoms with van der Waals surface area (Å²) in [6.45, 7) is -0.0207. The van der Waals surface area contributed by atoms with Gasteiger partial charge in [0.15, 0.2) is 6.61 Å². The first kappa shape index (κ1) is 22.6. The summed E-state index contributed by atoms with van der Waals surface area (Å²) in [4.78, 5) is 25.9. The van der Waals surface area contributed by atoms with E-state index in [9.17, 15) is 9.59 Å². The first-order valence-corrected chi connectivity index (χ1v) is 11.4. The summed E-state index contributed by atoms with van der Waals surface area (Å²) in [5.41, 5.74) is 0.807. The van der Waals surface area contributed by atoms with Crippen LogP contribution in [-0.2, 0) is 14.3 Å². The number of nitrogens with zero attached hydrogens (tertiary/aromatic N) is 2. The summed E-state index contributed by atoms with van der Waals surface area (Å²) in [5, 5.41) is 7.82. The van der Waals surface area contributed by atoms with Gasteiger partial charge in [0.2, 0.25) is 0 Å².